The van der Waals surface area contributed by atoms with Gasteiger partial charge in [0.2, 0.25) is 0 Å². The van der Waals surface area contributed by atoms with E-state index in [1.807, 2.05) is 49.4 Å². The van der Waals surface area contributed by atoms with E-state index < -0.39 is 12.0 Å². The Bertz CT molecular complexity index is 1850. The standard InChI is InChI=1S/C30H26Br2N2O5S/c1-15(2)38-29(36)26-17(4)33-30-34(27(26)21-13-18(31)7-10-23(21)37-5)28(35)25(40-30)14-19-8-11-24(39-19)20-9-6-16(3)12-22(20)32/h6-15,27H,1-5H3/b25-14-/t27-/m0/s1. The highest BCUT2D eigenvalue weighted by Crippen LogP contribution is 2.37. The van der Waals surface area contributed by atoms with Gasteiger partial charge in [-0.1, -0.05) is 49.3 Å². The van der Waals surface area contributed by atoms with Gasteiger partial charge in [-0.25, -0.2) is 9.79 Å². The van der Waals surface area contributed by atoms with Gasteiger partial charge < -0.3 is 13.9 Å². The number of carbonyl (C=O) groups is 1. The summed E-state index contributed by atoms with van der Waals surface area (Å²) in [7, 11) is 1.56. The molecule has 0 N–H and O–H groups in total. The number of aryl methyl sites for hydroxylation is 1. The average molecular weight is 686 g/mol. The molecule has 206 valence electrons. The van der Waals surface area contributed by atoms with Crippen LogP contribution in [0.25, 0.3) is 17.4 Å². The van der Waals surface area contributed by atoms with Gasteiger partial charge in [-0.3, -0.25) is 9.36 Å². The lowest BCUT2D eigenvalue weighted by Crippen LogP contribution is -2.40. The number of carbonyl (C=O) groups excluding carboxylic acids is 1. The van der Waals surface area contributed by atoms with Crippen LogP contribution in [-0.4, -0.2) is 23.8 Å². The number of methoxy groups -OCH3 is 1. The fourth-order valence-electron chi connectivity index (χ4n) is 4.60. The van der Waals surface area contributed by atoms with Gasteiger partial charge in [-0.2, -0.15) is 0 Å². The first-order valence-electron chi connectivity index (χ1n) is 12.5. The molecule has 2 aromatic carbocycles. The Morgan fingerprint density at radius 1 is 1.12 bits per heavy atom. The van der Waals surface area contributed by atoms with Crippen LogP contribution in [0.5, 0.6) is 5.75 Å². The fourth-order valence-corrected chi connectivity index (χ4v) is 6.69. The molecule has 0 radical (unpaired) electrons. The maximum Gasteiger partial charge on any atom is 0.338 e. The number of allylic oxidation sites excluding steroid dienone is 1. The Labute approximate surface area is 251 Å². The maximum atomic E-state index is 14.0. The molecular weight excluding hydrogens is 660 g/mol. The van der Waals surface area contributed by atoms with Crippen LogP contribution in [0.1, 0.15) is 43.7 Å². The Morgan fingerprint density at radius 2 is 1.90 bits per heavy atom. The highest BCUT2D eigenvalue weighted by molar-refractivity contribution is 9.10. The first kappa shape index (κ1) is 28.3. The Hall–Kier alpha value is -3.21. The van der Waals surface area contributed by atoms with Crippen LogP contribution in [-0.2, 0) is 9.53 Å². The zero-order chi connectivity index (χ0) is 28.7. The number of fused-ring (bicyclic) bond motifs is 1. The summed E-state index contributed by atoms with van der Waals surface area (Å²) in [4.78, 5) is 32.4. The number of hydrogen-bond acceptors (Lipinski definition) is 7. The second-order valence-electron chi connectivity index (χ2n) is 9.61. The Morgan fingerprint density at radius 3 is 2.60 bits per heavy atom. The number of ether oxygens (including phenoxy) is 2. The molecular formula is C30H26Br2N2O5S. The van der Waals surface area contributed by atoms with Gasteiger partial charge in [0, 0.05) is 26.1 Å². The monoisotopic (exact) mass is 684 g/mol. The van der Waals surface area contributed by atoms with Crippen LogP contribution >= 0.6 is 43.2 Å². The first-order valence-corrected chi connectivity index (χ1v) is 14.9. The number of hydrogen-bond donors (Lipinski definition) is 0. The van der Waals surface area contributed by atoms with E-state index in [2.05, 4.69) is 36.9 Å². The largest absolute Gasteiger partial charge is 0.496 e. The third-order valence-electron chi connectivity index (χ3n) is 6.36. The summed E-state index contributed by atoms with van der Waals surface area (Å²) in [6.07, 6.45) is 1.36. The number of rotatable bonds is 6. The highest BCUT2D eigenvalue weighted by Gasteiger charge is 2.35. The van der Waals surface area contributed by atoms with Crippen molar-refractivity contribution in [2.24, 2.45) is 4.99 Å². The van der Waals surface area contributed by atoms with Gasteiger partial charge in [0.05, 0.1) is 29.0 Å². The number of halogens is 2. The second kappa shape index (κ2) is 11.3. The minimum Gasteiger partial charge on any atom is -0.496 e. The molecule has 4 aromatic rings. The molecule has 0 fully saturated rings. The van der Waals surface area contributed by atoms with Gasteiger partial charge >= 0.3 is 5.97 Å². The van der Waals surface area contributed by atoms with Crippen molar-refractivity contribution < 1.29 is 18.7 Å². The molecule has 1 atom stereocenters. The van der Waals surface area contributed by atoms with Gasteiger partial charge in [0.25, 0.3) is 5.56 Å². The van der Waals surface area contributed by atoms with E-state index in [4.69, 9.17) is 13.9 Å². The third kappa shape index (κ3) is 5.40. The molecule has 2 aromatic heterocycles. The van der Waals surface area contributed by atoms with Crippen LogP contribution in [0.4, 0.5) is 0 Å². The van der Waals surface area contributed by atoms with E-state index in [1.165, 1.54) is 15.9 Å². The number of aromatic nitrogens is 1. The molecule has 0 bridgehead atoms. The zero-order valence-electron chi connectivity index (χ0n) is 22.5. The lowest BCUT2D eigenvalue weighted by Gasteiger charge is -2.26. The number of benzene rings is 2. The number of furan rings is 1. The normalized spacial score (nSPS) is 15.3. The van der Waals surface area contributed by atoms with E-state index >= 15 is 0 Å². The molecule has 1 aliphatic rings. The van der Waals surface area contributed by atoms with Crippen molar-refractivity contribution in [3.8, 4) is 17.1 Å². The molecule has 0 spiro atoms. The van der Waals surface area contributed by atoms with Crippen LogP contribution in [0.3, 0.4) is 0 Å². The summed E-state index contributed by atoms with van der Waals surface area (Å²) >= 11 is 8.36. The third-order valence-corrected chi connectivity index (χ3v) is 8.49. The lowest BCUT2D eigenvalue weighted by molar-refractivity contribution is -0.143. The summed E-state index contributed by atoms with van der Waals surface area (Å²) in [6.45, 7) is 7.34. The second-order valence-corrected chi connectivity index (χ2v) is 12.4. The topological polar surface area (TPSA) is 83.0 Å². The predicted molar refractivity (Wildman–Crippen MR) is 162 cm³/mol. The van der Waals surface area contributed by atoms with E-state index in [9.17, 15) is 9.59 Å². The van der Waals surface area contributed by atoms with Crippen LogP contribution in [0.15, 0.2) is 83.0 Å². The highest BCUT2D eigenvalue weighted by atomic mass is 79.9. The van der Waals surface area contributed by atoms with Crippen LogP contribution in [0.2, 0.25) is 0 Å². The molecule has 5 rings (SSSR count). The van der Waals surface area contributed by atoms with E-state index in [1.54, 1.807) is 40.0 Å². The van der Waals surface area contributed by atoms with Crippen molar-refractivity contribution in [3.05, 3.63) is 105 Å². The van der Waals surface area contributed by atoms with Crippen molar-refractivity contribution in [2.75, 3.05) is 7.11 Å². The van der Waals surface area contributed by atoms with Crippen molar-refractivity contribution in [2.45, 2.75) is 39.8 Å². The van der Waals surface area contributed by atoms with E-state index in [-0.39, 0.29) is 17.2 Å². The van der Waals surface area contributed by atoms with Crippen molar-refractivity contribution in [1.82, 2.24) is 4.57 Å². The first-order chi connectivity index (χ1) is 19.1. The van der Waals surface area contributed by atoms with Gasteiger partial charge in [0.1, 0.15) is 23.3 Å². The summed E-state index contributed by atoms with van der Waals surface area (Å²) in [6, 6.07) is 14.4. The molecule has 0 unspecified atom stereocenters. The molecule has 3 heterocycles. The molecule has 40 heavy (non-hydrogen) atoms. The summed E-state index contributed by atoms with van der Waals surface area (Å²) in [5, 5.41) is 0. The SMILES string of the molecule is COc1ccc(Br)cc1[C@H]1C(C(=O)OC(C)C)=C(C)N=c2s/c(=C\c3ccc(-c4ccc(C)cc4Br)o3)c(=O)n21. The molecule has 0 aliphatic carbocycles. The predicted octanol–water partition coefficient (Wildman–Crippen LogP) is 6.29. The lowest BCUT2D eigenvalue weighted by atomic mass is 9.95. The van der Waals surface area contributed by atoms with Gasteiger partial charge in [0.15, 0.2) is 4.80 Å². The molecule has 1 aliphatic heterocycles. The van der Waals surface area contributed by atoms with Crippen molar-refractivity contribution in [3.63, 3.8) is 0 Å². The van der Waals surface area contributed by atoms with Gasteiger partial charge in [-0.05, 0) is 75.7 Å². The van der Waals surface area contributed by atoms with Gasteiger partial charge in [-0.15, -0.1) is 0 Å². The molecule has 10 heteroatoms. The quantitative estimate of drug-likeness (QED) is 0.223. The van der Waals surface area contributed by atoms with Crippen LogP contribution < -0.4 is 19.6 Å². The summed E-state index contributed by atoms with van der Waals surface area (Å²) in [5.41, 5.74) is 3.15. The molecule has 0 saturated carbocycles. The molecule has 0 saturated heterocycles. The molecule has 0 amide bonds. The average Bonchev–Trinajstić information content (AvgIpc) is 3.47. The molecule has 7 nitrogen and oxygen atoms in total. The summed E-state index contributed by atoms with van der Waals surface area (Å²) in [5.74, 6) is 1.21. The minimum atomic E-state index is -0.798. The number of nitrogens with zero attached hydrogens (tertiary/aromatic N) is 2. The van der Waals surface area contributed by atoms with Crippen molar-refractivity contribution >= 4 is 55.2 Å². The Balaban J connectivity index is 1.68. The van der Waals surface area contributed by atoms with Crippen LogP contribution in [0, 0.1) is 6.92 Å². The zero-order valence-corrected chi connectivity index (χ0v) is 26.4. The number of thiazole rings is 1. The van der Waals surface area contributed by atoms with Crippen molar-refractivity contribution in [1.29, 1.82) is 0 Å². The smallest absolute Gasteiger partial charge is 0.338 e. The Kier molecular flexibility index (Phi) is 8.03. The van der Waals surface area contributed by atoms with E-state index in [0.29, 0.717) is 37.9 Å². The number of esters is 1. The minimum absolute atomic E-state index is 0.286. The maximum absolute atomic E-state index is 14.0. The van der Waals surface area contributed by atoms with E-state index in [0.717, 1.165) is 20.1 Å². The summed E-state index contributed by atoms with van der Waals surface area (Å²) < 4.78 is 21.0. The fraction of sp³-hybridized carbons (Fsp3) is 0.233.